The van der Waals surface area contributed by atoms with Crippen molar-refractivity contribution in [3.8, 4) is 0 Å². The minimum absolute atomic E-state index is 0.271. The second-order valence-electron chi connectivity index (χ2n) is 5.02. The monoisotopic (exact) mass is 471 g/mol. The molecular weight excluding hydrogens is 456 g/mol. The maximum Gasteiger partial charge on any atom is 0.335 e. The summed E-state index contributed by atoms with van der Waals surface area (Å²) in [5.74, 6) is -0.891. The minimum atomic E-state index is -0.891. The number of benzene rings is 1. The molecular formula is C13H16BrINO3P. The summed E-state index contributed by atoms with van der Waals surface area (Å²) in [6.45, 7) is 5.40. The first kappa shape index (κ1) is 16.5. The third-order valence-corrected chi connectivity index (χ3v) is 5.20. The van der Waals surface area contributed by atoms with Crippen LogP contribution in [-0.4, -0.2) is 29.8 Å². The van der Waals surface area contributed by atoms with Crippen molar-refractivity contribution in [2.24, 2.45) is 0 Å². The molecule has 0 spiro atoms. The van der Waals surface area contributed by atoms with Crippen molar-refractivity contribution >= 4 is 56.1 Å². The fourth-order valence-electron chi connectivity index (χ4n) is 2.71. The molecule has 1 aliphatic rings. The van der Waals surface area contributed by atoms with Crippen LogP contribution in [0.1, 0.15) is 29.8 Å². The Kier molecular flexibility index (Phi) is 5.68. The standard InChI is InChI=1S/C13H16BrINO3P/c1-7(2)16-10(6-19-20-15)4-8-3-9(13(17)18)5-11(14)12(8)16/h3,5,7,10,20H,4,6H2,1-2H3,(H,17,18). The van der Waals surface area contributed by atoms with E-state index in [0.29, 0.717) is 24.7 Å². The predicted molar refractivity (Wildman–Crippen MR) is 94.5 cm³/mol. The molecule has 1 aromatic rings. The number of carboxylic acids is 1. The Morgan fingerprint density at radius 3 is 2.90 bits per heavy atom. The number of rotatable bonds is 5. The van der Waals surface area contributed by atoms with Crippen molar-refractivity contribution in [2.75, 3.05) is 11.5 Å². The molecule has 1 N–H and O–H groups in total. The van der Waals surface area contributed by atoms with Gasteiger partial charge in [-0.2, -0.15) is 0 Å². The van der Waals surface area contributed by atoms with E-state index in [1.165, 1.54) is 0 Å². The number of carboxylic acid groups (broad SMARTS) is 1. The molecule has 7 heteroatoms. The Labute approximate surface area is 141 Å². The van der Waals surface area contributed by atoms with Gasteiger partial charge in [-0.05, 0) is 75.9 Å². The van der Waals surface area contributed by atoms with Gasteiger partial charge in [0.25, 0.3) is 0 Å². The zero-order chi connectivity index (χ0) is 14.9. The third-order valence-electron chi connectivity index (χ3n) is 3.38. The minimum Gasteiger partial charge on any atom is -0.478 e. The van der Waals surface area contributed by atoms with Crippen LogP contribution in [0.5, 0.6) is 0 Å². The molecule has 0 fully saturated rings. The van der Waals surface area contributed by atoms with Crippen molar-refractivity contribution in [3.05, 3.63) is 27.7 Å². The van der Waals surface area contributed by atoms with Crippen LogP contribution in [0.25, 0.3) is 0 Å². The van der Waals surface area contributed by atoms with E-state index < -0.39 is 5.97 Å². The number of halogens is 2. The number of hydrogen-bond acceptors (Lipinski definition) is 3. The summed E-state index contributed by atoms with van der Waals surface area (Å²) in [4.78, 5) is 13.5. The highest BCUT2D eigenvalue weighted by Crippen LogP contribution is 2.41. The summed E-state index contributed by atoms with van der Waals surface area (Å²) < 4.78 is 6.44. The molecule has 1 aliphatic heterocycles. The molecule has 1 aromatic carbocycles. The van der Waals surface area contributed by atoms with E-state index in [1.54, 1.807) is 12.1 Å². The smallest absolute Gasteiger partial charge is 0.335 e. The number of hydrogen-bond donors (Lipinski definition) is 1. The lowest BCUT2D eigenvalue weighted by Crippen LogP contribution is -2.40. The topological polar surface area (TPSA) is 49.8 Å². The number of nitrogens with zero attached hydrogens (tertiary/aromatic N) is 1. The first-order valence-corrected chi connectivity index (χ1v) is 11.1. The highest BCUT2D eigenvalue weighted by molar-refractivity contribution is 14.2. The Bertz CT molecular complexity index is 527. The van der Waals surface area contributed by atoms with E-state index in [1.807, 2.05) is 0 Å². The molecule has 0 saturated carbocycles. The van der Waals surface area contributed by atoms with Gasteiger partial charge in [0, 0.05) is 10.5 Å². The molecule has 110 valence electrons. The van der Waals surface area contributed by atoms with Gasteiger partial charge in [0.05, 0.1) is 30.3 Å². The van der Waals surface area contributed by atoms with Gasteiger partial charge >= 0.3 is 5.97 Å². The van der Waals surface area contributed by atoms with Crippen molar-refractivity contribution in [3.63, 3.8) is 0 Å². The average molecular weight is 472 g/mol. The fourth-order valence-corrected chi connectivity index (χ4v) is 4.21. The largest absolute Gasteiger partial charge is 0.478 e. The van der Waals surface area contributed by atoms with E-state index in [0.717, 1.165) is 22.1 Å². The third kappa shape index (κ3) is 3.29. The highest BCUT2D eigenvalue weighted by Gasteiger charge is 2.33. The number of anilines is 1. The SMILES string of the molecule is CC(C)N1c2c(Br)cc(C(=O)O)cc2CC1COPI. The number of fused-ring (bicyclic) bond motifs is 1. The summed E-state index contributed by atoms with van der Waals surface area (Å²) in [7, 11) is 0. The van der Waals surface area contributed by atoms with E-state index in [4.69, 9.17) is 9.63 Å². The molecule has 0 saturated heterocycles. The summed E-state index contributed by atoms with van der Waals surface area (Å²) in [6, 6.07) is 4.08. The lowest BCUT2D eigenvalue weighted by molar-refractivity contribution is 0.0696. The lowest BCUT2D eigenvalue weighted by atomic mass is 10.1. The van der Waals surface area contributed by atoms with Gasteiger partial charge in [-0.25, -0.2) is 4.79 Å². The molecule has 4 nitrogen and oxygen atoms in total. The van der Waals surface area contributed by atoms with Gasteiger partial charge in [-0.15, -0.1) is 0 Å². The molecule has 2 rings (SSSR count). The molecule has 20 heavy (non-hydrogen) atoms. The highest BCUT2D eigenvalue weighted by atomic mass is 127. The van der Waals surface area contributed by atoms with Crippen molar-refractivity contribution < 1.29 is 14.4 Å². The van der Waals surface area contributed by atoms with Gasteiger partial charge in [-0.3, -0.25) is 0 Å². The van der Waals surface area contributed by atoms with Crippen LogP contribution in [0.4, 0.5) is 5.69 Å². The first-order valence-electron chi connectivity index (χ1n) is 6.27. The van der Waals surface area contributed by atoms with Crippen LogP contribution in [0.15, 0.2) is 16.6 Å². The first-order chi connectivity index (χ1) is 9.45. The van der Waals surface area contributed by atoms with Gasteiger partial charge in [0.1, 0.15) is 0 Å². The van der Waals surface area contributed by atoms with Crippen LogP contribution in [0.3, 0.4) is 0 Å². The second kappa shape index (κ2) is 6.90. The predicted octanol–water partition coefficient (Wildman–Crippen LogP) is 4.25. The molecule has 0 aromatic heterocycles. The maximum absolute atomic E-state index is 11.2. The maximum atomic E-state index is 11.2. The second-order valence-corrected chi connectivity index (χ2v) is 7.64. The summed E-state index contributed by atoms with van der Waals surface area (Å²) >= 11 is 5.74. The van der Waals surface area contributed by atoms with Gasteiger partial charge < -0.3 is 14.5 Å². The van der Waals surface area contributed by atoms with Gasteiger partial charge in [0.15, 0.2) is 0 Å². The van der Waals surface area contributed by atoms with Crippen LogP contribution in [0.2, 0.25) is 0 Å². The average Bonchev–Trinajstić information content (AvgIpc) is 2.75. The van der Waals surface area contributed by atoms with E-state index in [2.05, 4.69) is 56.7 Å². The Morgan fingerprint density at radius 2 is 2.35 bits per heavy atom. The normalized spacial score (nSPS) is 18.2. The molecule has 1 heterocycles. The van der Waals surface area contributed by atoms with Crippen LogP contribution >= 0.6 is 44.4 Å². The Morgan fingerprint density at radius 1 is 1.65 bits per heavy atom. The van der Waals surface area contributed by atoms with Crippen LogP contribution < -0.4 is 4.90 Å². The fraction of sp³-hybridized carbons (Fsp3) is 0.462. The summed E-state index contributed by atoms with van der Waals surface area (Å²) in [6.07, 6.45) is 0.828. The van der Waals surface area contributed by atoms with Crippen molar-refractivity contribution in [1.82, 2.24) is 0 Å². The van der Waals surface area contributed by atoms with Crippen LogP contribution in [0, 0.1) is 0 Å². The van der Waals surface area contributed by atoms with Crippen molar-refractivity contribution in [2.45, 2.75) is 32.4 Å². The summed E-state index contributed by atoms with van der Waals surface area (Å²) in [5, 5.41) is 9.16. The van der Waals surface area contributed by atoms with Gasteiger partial charge in [-0.1, -0.05) is 0 Å². The van der Waals surface area contributed by atoms with E-state index >= 15 is 0 Å². The lowest BCUT2D eigenvalue weighted by Gasteiger charge is -2.31. The molecule has 2 atom stereocenters. The van der Waals surface area contributed by atoms with E-state index in [-0.39, 0.29) is 6.04 Å². The molecule has 0 amide bonds. The Balaban J connectivity index is 2.40. The zero-order valence-electron chi connectivity index (χ0n) is 11.2. The summed E-state index contributed by atoms with van der Waals surface area (Å²) in [5.41, 5.74) is 2.52. The molecule has 0 radical (unpaired) electrons. The number of aromatic carboxylic acids is 1. The molecule has 0 bridgehead atoms. The van der Waals surface area contributed by atoms with Crippen LogP contribution in [-0.2, 0) is 10.9 Å². The number of carbonyl (C=O) groups is 1. The van der Waals surface area contributed by atoms with Crippen molar-refractivity contribution in [1.29, 1.82) is 0 Å². The Hall–Kier alpha value is 0.0900. The quantitative estimate of drug-likeness (QED) is 0.515. The van der Waals surface area contributed by atoms with Gasteiger partial charge in [0.2, 0.25) is 0 Å². The molecule has 0 aliphatic carbocycles. The van der Waals surface area contributed by atoms with E-state index in [9.17, 15) is 4.79 Å². The zero-order valence-corrected chi connectivity index (χ0v) is 15.9. The molecule has 2 unspecified atom stereocenters.